The van der Waals surface area contributed by atoms with Crippen LogP contribution in [-0.4, -0.2) is 43.8 Å². The average Bonchev–Trinajstić information content (AvgIpc) is 3.16. The fourth-order valence-corrected chi connectivity index (χ4v) is 3.94. The van der Waals surface area contributed by atoms with E-state index in [-0.39, 0.29) is 22.9 Å². The number of carbonyl (C=O) groups excluding carboxylic acids is 1. The topological polar surface area (TPSA) is 125 Å². The van der Waals surface area contributed by atoms with E-state index >= 15 is 0 Å². The fraction of sp³-hybridized carbons (Fsp3) is 0.250. The van der Waals surface area contributed by atoms with Gasteiger partial charge in [0.1, 0.15) is 11.2 Å². The van der Waals surface area contributed by atoms with Crippen molar-refractivity contribution in [3.8, 4) is 0 Å². The maximum Gasteiger partial charge on any atom is 0.327 e. The number of likely N-dealkylation sites (tertiary alicyclic amines) is 1. The molecule has 1 amide bonds. The maximum absolute atomic E-state index is 12.9. The summed E-state index contributed by atoms with van der Waals surface area (Å²) in [5.41, 5.74) is 0.651. The predicted octanol–water partition coefficient (Wildman–Crippen LogP) is 2.43. The van der Waals surface area contributed by atoms with E-state index < -0.39 is 11.2 Å². The summed E-state index contributed by atoms with van der Waals surface area (Å²) in [5, 5.41) is 0.773. The van der Waals surface area contributed by atoms with Crippen LogP contribution in [0.3, 0.4) is 0 Å². The van der Waals surface area contributed by atoms with Crippen LogP contribution in [0.15, 0.2) is 44.5 Å². The minimum Gasteiger partial charge on any atom is -0.440 e. The van der Waals surface area contributed by atoms with Crippen molar-refractivity contribution in [2.45, 2.75) is 18.8 Å². The van der Waals surface area contributed by atoms with Crippen molar-refractivity contribution in [2.75, 3.05) is 13.1 Å². The molecule has 4 aromatic rings. The third kappa shape index (κ3) is 3.26. The molecule has 0 unspecified atom stereocenters. The van der Waals surface area contributed by atoms with Gasteiger partial charge in [-0.2, -0.15) is 0 Å². The van der Waals surface area contributed by atoms with Gasteiger partial charge in [-0.15, -0.1) is 0 Å². The zero-order chi connectivity index (χ0) is 20.8. The molecule has 0 saturated carbocycles. The minimum atomic E-state index is -0.636. The molecule has 1 fully saturated rings. The van der Waals surface area contributed by atoms with Crippen LogP contribution in [-0.2, 0) is 0 Å². The average molecular weight is 426 g/mol. The van der Waals surface area contributed by atoms with Gasteiger partial charge in [-0.05, 0) is 37.1 Å². The summed E-state index contributed by atoms with van der Waals surface area (Å²) in [5.74, 6) is 0.558. The lowest BCUT2D eigenvalue weighted by Crippen LogP contribution is -2.38. The number of hydrogen-bond donors (Lipinski definition) is 2. The van der Waals surface area contributed by atoms with Crippen molar-refractivity contribution >= 4 is 39.6 Å². The Hall–Kier alpha value is -3.46. The Labute approximate surface area is 173 Å². The number of fused-ring (bicyclic) bond motifs is 2. The Bertz CT molecular complexity index is 1400. The quantitative estimate of drug-likeness (QED) is 0.508. The number of aromatic nitrogens is 4. The first kappa shape index (κ1) is 18.6. The molecule has 9 nitrogen and oxygen atoms in total. The van der Waals surface area contributed by atoms with Gasteiger partial charge in [0, 0.05) is 30.2 Å². The highest BCUT2D eigenvalue weighted by Crippen LogP contribution is 2.31. The van der Waals surface area contributed by atoms with E-state index in [1.807, 2.05) is 0 Å². The fourth-order valence-electron chi connectivity index (χ4n) is 3.77. The van der Waals surface area contributed by atoms with Gasteiger partial charge in [-0.1, -0.05) is 11.6 Å². The highest BCUT2D eigenvalue weighted by atomic mass is 35.5. The van der Waals surface area contributed by atoms with Crippen molar-refractivity contribution in [3.05, 3.63) is 67.8 Å². The first-order valence-corrected chi connectivity index (χ1v) is 9.83. The third-order valence-electron chi connectivity index (χ3n) is 5.34. The van der Waals surface area contributed by atoms with Crippen molar-refractivity contribution in [1.82, 2.24) is 24.8 Å². The number of piperidine rings is 1. The highest BCUT2D eigenvalue weighted by Gasteiger charge is 2.28. The van der Waals surface area contributed by atoms with Crippen molar-refractivity contribution in [2.24, 2.45) is 0 Å². The Kier molecular flexibility index (Phi) is 4.39. The maximum atomic E-state index is 12.9. The van der Waals surface area contributed by atoms with Crippen LogP contribution >= 0.6 is 11.6 Å². The number of aromatic amines is 2. The number of carbonyl (C=O) groups is 1. The number of pyridine rings is 1. The normalized spacial score (nSPS) is 15.2. The summed E-state index contributed by atoms with van der Waals surface area (Å²) in [6.07, 6.45) is 2.79. The smallest absolute Gasteiger partial charge is 0.327 e. The van der Waals surface area contributed by atoms with E-state index in [2.05, 4.69) is 19.9 Å². The van der Waals surface area contributed by atoms with Crippen LogP contribution in [0, 0.1) is 0 Å². The van der Waals surface area contributed by atoms with Gasteiger partial charge in [-0.3, -0.25) is 19.6 Å². The molecule has 0 atom stereocenters. The van der Waals surface area contributed by atoms with Crippen LogP contribution in [0.1, 0.15) is 35.0 Å². The van der Waals surface area contributed by atoms with E-state index in [0.29, 0.717) is 48.0 Å². The molecule has 152 valence electrons. The second kappa shape index (κ2) is 7.10. The van der Waals surface area contributed by atoms with E-state index in [1.54, 1.807) is 23.1 Å². The Balaban J connectivity index is 1.33. The Morgan fingerprint density at radius 1 is 1.17 bits per heavy atom. The molecule has 0 aliphatic carbocycles. The van der Waals surface area contributed by atoms with E-state index in [0.717, 1.165) is 5.52 Å². The van der Waals surface area contributed by atoms with Gasteiger partial charge in [0.15, 0.2) is 11.5 Å². The summed E-state index contributed by atoms with van der Waals surface area (Å²) in [6.45, 7) is 1.06. The summed E-state index contributed by atoms with van der Waals surface area (Å²) >= 11 is 6.01. The molecule has 0 bridgehead atoms. The van der Waals surface area contributed by atoms with Gasteiger partial charge < -0.3 is 9.32 Å². The number of H-pyrrole nitrogens is 2. The zero-order valence-corrected chi connectivity index (χ0v) is 16.4. The number of oxazole rings is 1. The number of halogens is 1. The summed E-state index contributed by atoms with van der Waals surface area (Å²) in [7, 11) is 0. The molecule has 30 heavy (non-hydrogen) atoms. The number of nitrogens with zero attached hydrogens (tertiary/aromatic N) is 3. The number of amides is 1. The second-order valence-corrected chi connectivity index (χ2v) is 7.70. The molecule has 1 aromatic carbocycles. The summed E-state index contributed by atoms with van der Waals surface area (Å²) < 4.78 is 5.86. The summed E-state index contributed by atoms with van der Waals surface area (Å²) in [6, 6.07) is 6.78. The molecule has 0 spiro atoms. The van der Waals surface area contributed by atoms with E-state index in [1.165, 1.54) is 12.3 Å². The first-order valence-electron chi connectivity index (χ1n) is 9.45. The van der Waals surface area contributed by atoms with Gasteiger partial charge >= 0.3 is 5.69 Å². The molecular weight excluding hydrogens is 410 g/mol. The number of nitrogens with one attached hydrogen (secondary N) is 2. The second-order valence-electron chi connectivity index (χ2n) is 7.26. The van der Waals surface area contributed by atoms with Crippen LogP contribution in [0.5, 0.6) is 0 Å². The molecule has 1 aliphatic rings. The number of rotatable bonds is 2. The highest BCUT2D eigenvalue weighted by molar-refractivity contribution is 6.31. The minimum absolute atomic E-state index is 0.114. The van der Waals surface area contributed by atoms with E-state index in [9.17, 15) is 14.4 Å². The third-order valence-corrected chi connectivity index (χ3v) is 5.57. The predicted molar refractivity (Wildman–Crippen MR) is 110 cm³/mol. The lowest BCUT2D eigenvalue weighted by Gasteiger charge is -2.30. The Morgan fingerprint density at radius 3 is 2.77 bits per heavy atom. The molecule has 4 heterocycles. The molecule has 1 aliphatic heterocycles. The standard InChI is InChI=1S/C20H16ClN5O4/c21-12-1-2-15-14(8-12)23-18(30-15)10-3-5-26(6-4-10)19(28)11-7-13-16(22-9-11)24-20(29)25-17(13)27/h1-2,7-10H,3-6H2,(H2,22,24,25,27,29). The lowest BCUT2D eigenvalue weighted by atomic mass is 9.96. The van der Waals surface area contributed by atoms with Gasteiger partial charge in [0.05, 0.1) is 10.9 Å². The largest absolute Gasteiger partial charge is 0.440 e. The van der Waals surface area contributed by atoms with Crippen molar-refractivity contribution < 1.29 is 9.21 Å². The molecule has 5 rings (SSSR count). The SMILES string of the molecule is O=C(c1cnc2[nH]c(=O)[nH]c(=O)c2c1)N1CCC(c2nc3cc(Cl)ccc3o2)CC1. The molecule has 2 N–H and O–H groups in total. The summed E-state index contributed by atoms with van der Waals surface area (Å²) in [4.78, 5) is 51.1. The van der Waals surface area contributed by atoms with Crippen LogP contribution < -0.4 is 11.2 Å². The molecule has 10 heteroatoms. The Morgan fingerprint density at radius 2 is 1.97 bits per heavy atom. The van der Waals surface area contributed by atoms with Gasteiger partial charge in [-0.25, -0.2) is 14.8 Å². The molecule has 3 aromatic heterocycles. The zero-order valence-electron chi connectivity index (χ0n) is 15.6. The van der Waals surface area contributed by atoms with Crippen LogP contribution in [0.2, 0.25) is 5.02 Å². The number of hydrogen-bond acceptors (Lipinski definition) is 6. The molecule has 1 saturated heterocycles. The first-order chi connectivity index (χ1) is 14.5. The van der Waals surface area contributed by atoms with Gasteiger partial charge in [0.25, 0.3) is 11.5 Å². The molecule has 0 radical (unpaired) electrons. The molecular formula is C20H16ClN5O4. The number of benzene rings is 1. The van der Waals surface area contributed by atoms with Crippen LogP contribution in [0.4, 0.5) is 0 Å². The van der Waals surface area contributed by atoms with E-state index in [4.69, 9.17) is 16.0 Å². The van der Waals surface area contributed by atoms with Crippen molar-refractivity contribution in [1.29, 1.82) is 0 Å². The van der Waals surface area contributed by atoms with Crippen molar-refractivity contribution in [3.63, 3.8) is 0 Å². The lowest BCUT2D eigenvalue weighted by molar-refractivity contribution is 0.0706. The van der Waals surface area contributed by atoms with Crippen LogP contribution in [0.25, 0.3) is 22.1 Å². The van der Waals surface area contributed by atoms with Gasteiger partial charge in [0.2, 0.25) is 0 Å². The monoisotopic (exact) mass is 425 g/mol.